The molecule has 41 heavy (non-hydrogen) atoms. The van der Waals surface area contributed by atoms with Crippen LogP contribution in [0, 0.1) is 0 Å². The number of amides is 4. The van der Waals surface area contributed by atoms with E-state index in [1.54, 1.807) is 51.0 Å². The van der Waals surface area contributed by atoms with E-state index >= 15 is 0 Å². The van der Waals surface area contributed by atoms with Crippen LogP contribution in [-0.4, -0.2) is 86.3 Å². The maximum absolute atomic E-state index is 12.9. The lowest BCUT2D eigenvalue weighted by Crippen LogP contribution is -2.70. The number of methoxy groups -OCH3 is 1. The van der Waals surface area contributed by atoms with Crippen LogP contribution in [-0.2, 0) is 11.8 Å². The summed E-state index contributed by atoms with van der Waals surface area (Å²) in [5, 5.41) is 23.6. The van der Waals surface area contributed by atoms with Crippen molar-refractivity contribution in [3.63, 3.8) is 0 Å². The molecule has 0 radical (unpaired) electrons. The second-order valence-corrected chi connectivity index (χ2v) is 10.8. The molecule has 1 aliphatic rings. The molecule has 15 heteroatoms. The molecule has 0 aliphatic carbocycles. The monoisotopic (exact) mass is 566 g/mol. The lowest BCUT2D eigenvalue weighted by Gasteiger charge is -2.47. The van der Waals surface area contributed by atoms with Gasteiger partial charge in [0.1, 0.15) is 11.9 Å². The smallest absolute Gasteiger partial charge is 0.408 e. The van der Waals surface area contributed by atoms with Gasteiger partial charge in [0.05, 0.1) is 29.6 Å². The highest BCUT2D eigenvalue weighted by molar-refractivity contribution is 5.99. The first-order valence-corrected chi connectivity index (χ1v) is 12.8. The molecule has 0 unspecified atom stereocenters. The number of ether oxygens (including phenoxy) is 2. The van der Waals surface area contributed by atoms with Crippen molar-refractivity contribution in [2.45, 2.75) is 38.8 Å². The molecule has 1 saturated heterocycles. The molecule has 0 spiro atoms. The summed E-state index contributed by atoms with van der Waals surface area (Å²) in [7, 11) is 4.75. The highest BCUT2D eigenvalue weighted by Gasteiger charge is 2.43. The minimum absolute atomic E-state index is 0.00648. The number of anilines is 3. The lowest BCUT2D eigenvalue weighted by atomic mass is 9.93. The van der Waals surface area contributed by atoms with Crippen molar-refractivity contribution < 1.29 is 23.9 Å². The van der Waals surface area contributed by atoms with Gasteiger partial charge in [0, 0.05) is 33.3 Å². The van der Waals surface area contributed by atoms with Crippen LogP contribution in [0.25, 0.3) is 11.4 Å². The number of hydrogen-bond acceptors (Lipinski definition) is 10. The number of carbonyl (C=O) groups excluding carboxylic acids is 3. The van der Waals surface area contributed by atoms with Crippen molar-refractivity contribution >= 4 is 35.2 Å². The fourth-order valence-electron chi connectivity index (χ4n) is 4.23. The van der Waals surface area contributed by atoms with Crippen molar-refractivity contribution in [2.24, 2.45) is 7.05 Å². The van der Waals surface area contributed by atoms with Gasteiger partial charge in [0.2, 0.25) is 0 Å². The van der Waals surface area contributed by atoms with Crippen LogP contribution < -0.4 is 26.0 Å². The SMILES string of the molecule is CNC(=O)c1nnc(NC(=O)N2CC(C)(NC(=O)OC(C)(C)C)C2)cc1Nc1cccc(-c2ncn(C)n2)c1OC. The third-order valence-corrected chi connectivity index (χ3v) is 5.97. The van der Waals surface area contributed by atoms with Gasteiger partial charge in [0.15, 0.2) is 23.1 Å². The normalized spacial score (nSPS) is 14.0. The minimum Gasteiger partial charge on any atom is -0.494 e. The zero-order valence-corrected chi connectivity index (χ0v) is 24.0. The Morgan fingerprint density at radius 3 is 2.44 bits per heavy atom. The molecule has 4 amide bonds. The molecule has 0 atom stereocenters. The number of alkyl carbamates (subject to hydrolysis) is 1. The lowest BCUT2D eigenvalue weighted by molar-refractivity contribution is 0.0292. The molecule has 0 bridgehead atoms. The van der Waals surface area contributed by atoms with E-state index < -0.39 is 29.2 Å². The van der Waals surface area contributed by atoms with E-state index in [0.29, 0.717) is 22.8 Å². The molecule has 4 rings (SSSR count). The summed E-state index contributed by atoms with van der Waals surface area (Å²) in [5.74, 6) is 0.538. The van der Waals surface area contributed by atoms with Gasteiger partial charge in [-0.25, -0.2) is 14.6 Å². The molecular formula is C26H34N10O5. The molecular weight excluding hydrogens is 532 g/mol. The molecule has 4 N–H and O–H groups in total. The number of carbonyl (C=O) groups is 3. The summed E-state index contributed by atoms with van der Waals surface area (Å²) >= 11 is 0. The van der Waals surface area contributed by atoms with Gasteiger partial charge in [-0.15, -0.1) is 10.2 Å². The number of urea groups is 1. The Kier molecular flexibility index (Phi) is 7.98. The second-order valence-electron chi connectivity index (χ2n) is 10.8. The first-order valence-electron chi connectivity index (χ1n) is 12.8. The predicted molar refractivity (Wildman–Crippen MR) is 150 cm³/mol. The summed E-state index contributed by atoms with van der Waals surface area (Å²) in [4.78, 5) is 43.4. The number of hydrogen-bond donors (Lipinski definition) is 4. The zero-order chi connectivity index (χ0) is 29.9. The number of rotatable bonds is 7. The van der Waals surface area contributed by atoms with Crippen LogP contribution in [0.15, 0.2) is 30.6 Å². The fraction of sp³-hybridized carbons (Fsp3) is 0.423. The number of para-hydroxylation sites is 1. The van der Waals surface area contributed by atoms with E-state index in [1.807, 2.05) is 13.0 Å². The molecule has 3 aromatic rings. The van der Waals surface area contributed by atoms with Gasteiger partial charge < -0.3 is 30.3 Å². The first-order chi connectivity index (χ1) is 19.3. The first kappa shape index (κ1) is 29.0. The van der Waals surface area contributed by atoms with Crippen molar-refractivity contribution in [2.75, 3.05) is 37.9 Å². The number of aromatic nitrogens is 5. The van der Waals surface area contributed by atoms with E-state index in [0.717, 1.165) is 0 Å². The third-order valence-electron chi connectivity index (χ3n) is 5.97. The van der Waals surface area contributed by atoms with Crippen molar-refractivity contribution in [1.82, 2.24) is 40.5 Å². The Morgan fingerprint density at radius 2 is 1.83 bits per heavy atom. The summed E-state index contributed by atoms with van der Waals surface area (Å²) in [6, 6.07) is 6.42. The summed E-state index contributed by atoms with van der Waals surface area (Å²) in [6.07, 6.45) is 1.03. The standard InChI is InChI=1S/C26H34N10O5/c1-25(2,3)41-24(39)31-26(4)12-36(13-26)23(38)30-18-11-17(19(33-32-18)22(37)27-5)29-16-10-8-9-15(20(16)40-7)21-28-14-35(6)34-21/h8-11,14H,12-13H2,1-7H3,(H,27,37)(H,31,39)(H2,29,30,32,38). The van der Waals surface area contributed by atoms with Gasteiger partial charge >= 0.3 is 12.1 Å². The number of nitrogens with zero attached hydrogens (tertiary/aromatic N) is 6. The molecule has 2 aromatic heterocycles. The number of likely N-dealkylation sites (tertiary alicyclic amines) is 1. The maximum atomic E-state index is 12.9. The number of benzene rings is 1. The quantitative estimate of drug-likeness (QED) is 0.332. The zero-order valence-electron chi connectivity index (χ0n) is 24.0. The van der Waals surface area contributed by atoms with E-state index in [2.05, 4.69) is 41.5 Å². The summed E-state index contributed by atoms with van der Waals surface area (Å²) in [6.45, 7) is 7.68. The molecule has 1 aromatic carbocycles. The molecule has 3 heterocycles. The van der Waals surface area contributed by atoms with Crippen LogP contribution in [0.3, 0.4) is 0 Å². The Hall–Kier alpha value is -4.95. The van der Waals surface area contributed by atoms with Crippen LogP contribution in [0.1, 0.15) is 38.2 Å². The van der Waals surface area contributed by atoms with Crippen LogP contribution in [0.2, 0.25) is 0 Å². The molecule has 15 nitrogen and oxygen atoms in total. The van der Waals surface area contributed by atoms with Crippen molar-refractivity contribution in [1.29, 1.82) is 0 Å². The minimum atomic E-state index is -0.634. The van der Waals surface area contributed by atoms with Crippen LogP contribution in [0.4, 0.5) is 26.8 Å². The predicted octanol–water partition coefficient (Wildman–Crippen LogP) is 2.51. The summed E-state index contributed by atoms with van der Waals surface area (Å²) in [5.41, 5.74) is 0.167. The van der Waals surface area contributed by atoms with Gasteiger partial charge in [0.25, 0.3) is 5.91 Å². The van der Waals surface area contributed by atoms with Crippen molar-refractivity contribution in [3.05, 3.63) is 36.3 Å². The van der Waals surface area contributed by atoms with Gasteiger partial charge in [-0.05, 0) is 39.8 Å². The maximum Gasteiger partial charge on any atom is 0.408 e. The van der Waals surface area contributed by atoms with E-state index in [9.17, 15) is 14.4 Å². The van der Waals surface area contributed by atoms with E-state index in [4.69, 9.17) is 9.47 Å². The highest BCUT2D eigenvalue weighted by Crippen LogP contribution is 2.37. The molecule has 1 fully saturated rings. The molecule has 218 valence electrons. The third kappa shape index (κ3) is 6.80. The fourth-order valence-corrected chi connectivity index (χ4v) is 4.23. The number of nitrogens with one attached hydrogen (secondary N) is 4. The largest absolute Gasteiger partial charge is 0.494 e. The number of aryl methyl sites for hydroxylation is 1. The second kappa shape index (κ2) is 11.3. The Labute approximate surface area is 237 Å². The molecule has 1 aliphatic heterocycles. The Balaban J connectivity index is 1.51. The highest BCUT2D eigenvalue weighted by atomic mass is 16.6. The van der Waals surface area contributed by atoms with E-state index in [-0.39, 0.29) is 30.3 Å². The Morgan fingerprint density at radius 1 is 1.10 bits per heavy atom. The van der Waals surface area contributed by atoms with Gasteiger partial charge in [-0.2, -0.15) is 5.10 Å². The topological polar surface area (TPSA) is 178 Å². The van der Waals surface area contributed by atoms with Crippen LogP contribution in [0.5, 0.6) is 5.75 Å². The van der Waals surface area contributed by atoms with E-state index in [1.165, 1.54) is 25.1 Å². The van der Waals surface area contributed by atoms with Gasteiger partial charge in [-0.1, -0.05) is 6.07 Å². The average Bonchev–Trinajstić information content (AvgIpc) is 3.31. The van der Waals surface area contributed by atoms with Crippen molar-refractivity contribution in [3.8, 4) is 17.1 Å². The summed E-state index contributed by atoms with van der Waals surface area (Å²) < 4.78 is 12.5. The van der Waals surface area contributed by atoms with Crippen LogP contribution >= 0.6 is 0 Å². The average molecular weight is 567 g/mol. The Bertz CT molecular complexity index is 1460. The molecule has 0 saturated carbocycles. The van der Waals surface area contributed by atoms with Gasteiger partial charge in [-0.3, -0.25) is 14.8 Å².